The van der Waals surface area contributed by atoms with Crippen LogP contribution in [0.5, 0.6) is 0 Å². The van der Waals surface area contributed by atoms with E-state index in [0.717, 1.165) is 26.2 Å². The smallest absolute Gasteiger partial charge is 0.220 e. The summed E-state index contributed by atoms with van der Waals surface area (Å²) < 4.78 is 2.12. The first-order valence-corrected chi connectivity index (χ1v) is 10.1. The minimum absolute atomic E-state index is 0.222. The molecule has 1 amide bonds. The Morgan fingerprint density at radius 2 is 2.12 bits per heavy atom. The van der Waals surface area contributed by atoms with Crippen molar-refractivity contribution in [2.24, 2.45) is 12.5 Å². The quantitative estimate of drug-likeness (QED) is 0.819. The molecule has 4 rings (SSSR count). The van der Waals surface area contributed by atoms with Gasteiger partial charge < -0.3 is 9.47 Å². The maximum Gasteiger partial charge on any atom is 0.220 e. The van der Waals surface area contributed by atoms with Gasteiger partial charge in [0.2, 0.25) is 5.91 Å². The van der Waals surface area contributed by atoms with Crippen LogP contribution in [0.2, 0.25) is 0 Å². The third-order valence-corrected chi connectivity index (χ3v) is 6.74. The van der Waals surface area contributed by atoms with Crippen LogP contribution in [0, 0.1) is 5.41 Å². The predicted octanol–water partition coefficient (Wildman–Crippen LogP) is 3.49. The van der Waals surface area contributed by atoms with Gasteiger partial charge in [-0.15, -0.1) is 0 Å². The minimum atomic E-state index is 0.222. The normalized spacial score (nSPS) is 22.2. The number of aryl methyl sites for hydroxylation is 1. The Labute approximate surface area is 154 Å². The van der Waals surface area contributed by atoms with Crippen molar-refractivity contribution in [3.63, 3.8) is 0 Å². The van der Waals surface area contributed by atoms with Gasteiger partial charge in [0.05, 0.1) is 0 Å². The molecule has 0 aromatic carbocycles. The van der Waals surface area contributed by atoms with Crippen molar-refractivity contribution in [2.75, 3.05) is 13.1 Å². The maximum atomic E-state index is 12.2. The van der Waals surface area contributed by atoms with Crippen molar-refractivity contribution < 1.29 is 4.79 Å². The fourth-order valence-corrected chi connectivity index (χ4v) is 5.05. The number of likely N-dealkylation sites (tertiary alicyclic amines) is 1. The molecule has 5 heteroatoms. The number of carbonyl (C=O) groups is 1. The number of rotatable bonds is 5. The summed E-state index contributed by atoms with van der Waals surface area (Å²) in [6.45, 7) is 5.85. The highest BCUT2D eigenvalue weighted by atomic mass is 32.1. The molecule has 4 nitrogen and oxygen atoms in total. The molecule has 2 aromatic heterocycles. The lowest BCUT2D eigenvalue weighted by Gasteiger charge is -2.34. The molecule has 0 radical (unpaired) electrons. The van der Waals surface area contributed by atoms with Gasteiger partial charge in [-0.25, -0.2) is 0 Å². The molecule has 1 aliphatic heterocycles. The summed E-state index contributed by atoms with van der Waals surface area (Å²) in [7, 11) is 2.08. The second-order valence-electron chi connectivity index (χ2n) is 7.82. The van der Waals surface area contributed by atoms with E-state index in [-0.39, 0.29) is 5.91 Å². The van der Waals surface area contributed by atoms with E-state index in [1.807, 2.05) is 0 Å². The van der Waals surface area contributed by atoms with E-state index in [1.165, 1.54) is 30.4 Å². The molecule has 1 saturated heterocycles. The Morgan fingerprint density at radius 3 is 2.72 bits per heavy atom. The van der Waals surface area contributed by atoms with Crippen molar-refractivity contribution in [2.45, 2.75) is 45.3 Å². The van der Waals surface area contributed by atoms with Crippen LogP contribution in [-0.4, -0.2) is 39.4 Å². The first-order chi connectivity index (χ1) is 12.1. The number of nitrogens with zero attached hydrogens (tertiary/aromatic N) is 3. The van der Waals surface area contributed by atoms with Crippen molar-refractivity contribution in [3.8, 4) is 0 Å². The van der Waals surface area contributed by atoms with Gasteiger partial charge >= 0.3 is 0 Å². The lowest BCUT2D eigenvalue weighted by molar-refractivity contribution is -0.130. The number of aromatic nitrogens is 1. The van der Waals surface area contributed by atoms with E-state index < -0.39 is 0 Å². The van der Waals surface area contributed by atoms with E-state index in [2.05, 4.69) is 56.7 Å². The number of amides is 1. The summed E-state index contributed by atoms with van der Waals surface area (Å²) in [6.07, 6.45) is 7.96. The van der Waals surface area contributed by atoms with Crippen molar-refractivity contribution in [1.82, 2.24) is 14.4 Å². The van der Waals surface area contributed by atoms with Gasteiger partial charge in [-0.3, -0.25) is 9.69 Å². The molecule has 2 aliphatic rings. The number of carbonyl (C=O) groups excluding carboxylic acids is 1. The fraction of sp³-hybridized carbons (Fsp3) is 0.550. The molecule has 25 heavy (non-hydrogen) atoms. The zero-order valence-electron chi connectivity index (χ0n) is 15.1. The molecule has 3 heterocycles. The summed E-state index contributed by atoms with van der Waals surface area (Å²) >= 11 is 1.71. The molecule has 0 N–H and O–H groups in total. The van der Waals surface area contributed by atoms with Gasteiger partial charge in [0.25, 0.3) is 0 Å². The first kappa shape index (κ1) is 16.9. The van der Waals surface area contributed by atoms with Crippen LogP contribution in [0.4, 0.5) is 0 Å². The third-order valence-electron chi connectivity index (χ3n) is 6.01. The SMILES string of the molecule is CC(=O)N(Cc1ccsc1)[C@H]1CC12CCN(Cc1ccn(C)c1)CC2. The standard InChI is InChI=1S/C20H27N3OS/c1-16(24)23(14-18-4-10-25-15-18)19-11-20(19)5-8-22(9-6-20)13-17-3-7-21(2)12-17/h3-4,7,10,12,15,19H,5-6,8-9,11,13-14H2,1-2H3/t19-/m0/s1. The van der Waals surface area contributed by atoms with Crippen LogP contribution in [0.15, 0.2) is 35.3 Å². The average molecular weight is 358 g/mol. The number of piperidine rings is 1. The molecule has 1 aliphatic carbocycles. The predicted molar refractivity (Wildman–Crippen MR) is 101 cm³/mol. The van der Waals surface area contributed by atoms with Crippen LogP contribution >= 0.6 is 11.3 Å². The summed E-state index contributed by atoms with van der Waals surface area (Å²) in [5.41, 5.74) is 3.05. The molecule has 1 spiro atoms. The summed E-state index contributed by atoms with van der Waals surface area (Å²) in [4.78, 5) is 16.9. The van der Waals surface area contributed by atoms with Crippen LogP contribution in [0.1, 0.15) is 37.3 Å². The number of hydrogen-bond donors (Lipinski definition) is 0. The second kappa shape index (κ2) is 6.61. The second-order valence-corrected chi connectivity index (χ2v) is 8.60. The maximum absolute atomic E-state index is 12.2. The van der Waals surface area contributed by atoms with Crippen LogP contribution in [-0.2, 0) is 24.9 Å². The Kier molecular flexibility index (Phi) is 4.46. The van der Waals surface area contributed by atoms with E-state index in [4.69, 9.17) is 0 Å². The fourth-order valence-electron chi connectivity index (χ4n) is 4.39. The van der Waals surface area contributed by atoms with Crippen molar-refractivity contribution >= 4 is 17.2 Å². The Bertz CT molecular complexity index is 728. The zero-order chi connectivity index (χ0) is 17.4. The van der Waals surface area contributed by atoms with Gasteiger partial charge in [-0.1, -0.05) is 0 Å². The minimum Gasteiger partial charge on any atom is -0.357 e. The lowest BCUT2D eigenvalue weighted by atomic mass is 9.92. The van der Waals surface area contributed by atoms with E-state index in [9.17, 15) is 4.79 Å². The highest BCUT2D eigenvalue weighted by Gasteiger charge is 2.58. The summed E-state index contributed by atoms with van der Waals surface area (Å²) in [5, 5.41) is 4.26. The van der Waals surface area contributed by atoms with Gasteiger partial charge in [0, 0.05) is 45.5 Å². The average Bonchev–Trinajstić information content (AvgIpc) is 2.94. The number of hydrogen-bond acceptors (Lipinski definition) is 3. The number of thiophene rings is 1. The van der Waals surface area contributed by atoms with Crippen molar-refractivity contribution in [3.05, 3.63) is 46.4 Å². The molecule has 0 bridgehead atoms. The van der Waals surface area contributed by atoms with Gasteiger partial charge in [-0.2, -0.15) is 11.3 Å². The molecule has 0 unspecified atom stereocenters. The van der Waals surface area contributed by atoms with Gasteiger partial charge in [0.1, 0.15) is 0 Å². The molecule has 1 saturated carbocycles. The molecule has 134 valence electrons. The summed E-state index contributed by atoms with van der Waals surface area (Å²) in [6, 6.07) is 4.80. The van der Waals surface area contributed by atoms with Crippen LogP contribution in [0.3, 0.4) is 0 Å². The van der Waals surface area contributed by atoms with Crippen LogP contribution < -0.4 is 0 Å². The third kappa shape index (κ3) is 3.53. The molecule has 2 fully saturated rings. The largest absolute Gasteiger partial charge is 0.357 e. The van der Waals surface area contributed by atoms with Gasteiger partial charge in [-0.05, 0) is 71.8 Å². The van der Waals surface area contributed by atoms with Crippen molar-refractivity contribution in [1.29, 1.82) is 0 Å². The van der Waals surface area contributed by atoms with E-state index in [1.54, 1.807) is 18.3 Å². The van der Waals surface area contributed by atoms with Gasteiger partial charge in [0.15, 0.2) is 0 Å². The lowest BCUT2D eigenvalue weighted by Crippen LogP contribution is -2.39. The zero-order valence-corrected chi connectivity index (χ0v) is 16.0. The topological polar surface area (TPSA) is 28.5 Å². The highest BCUT2D eigenvalue weighted by molar-refractivity contribution is 7.07. The molecular weight excluding hydrogens is 330 g/mol. The molecule has 2 aromatic rings. The Hall–Kier alpha value is -1.59. The highest BCUT2D eigenvalue weighted by Crippen LogP contribution is 2.57. The summed E-state index contributed by atoms with van der Waals surface area (Å²) in [5.74, 6) is 0.222. The molecular formula is C20H27N3OS. The van der Waals surface area contributed by atoms with Crippen LogP contribution in [0.25, 0.3) is 0 Å². The van der Waals surface area contributed by atoms with E-state index in [0.29, 0.717) is 11.5 Å². The Morgan fingerprint density at radius 1 is 1.32 bits per heavy atom. The first-order valence-electron chi connectivity index (χ1n) is 9.17. The monoisotopic (exact) mass is 357 g/mol. The Balaban J connectivity index is 1.34. The van der Waals surface area contributed by atoms with E-state index >= 15 is 0 Å². The molecule has 1 atom stereocenters.